The van der Waals surface area contributed by atoms with Crippen LogP contribution in [0.25, 0.3) is 33.2 Å². The lowest BCUT2D eigenvalue weighted by molar-refractivity contribution is 0.939. The van der Waals surface area contributed by atoms with Gasteiger partial charge in [-0.25, -0.2) is 4.98 Å². The highest BCUT2D eigenvalue weighted by Crippen LogP contribution is 2.34. The Kier molecular flexibility index (Phi) is 2.21. The van der Waals surface area contributed by atoms with Gasteiger partial charge in [-0.1, -0.05) is 34.1 Å². The molecule has 2 nitrogen and oxygen atoms in total. The third kappa shape index (κ3) is 1.51. The lowest BCUT2D eigenvalue weighted by Gasteiger charge is -2.11. The number of hydrogen-bond donors (Lipinski definition) is 0. The zero-order valence-electron chi connectivity index (χ0n) is 10.4. The smallest absolute Gasteiger partial charge is 0.141 e. The monoisotopic (exact) mass is 310 g/mol. The molecule has 19 heavy (non-hydrogen) atoms. The van der Waals surface area contributed by atoms with E-state index in [-0.39, 0.29) is 0 Å². The number of para-hydroxylation sites is 1. The van der Waals surface area contributed by atoms with Gasteiger partial charge in [0.25, 0.3) is 0 Å². The van der Waals surface area contributed by atoms with E-state index in [0.717, 1.165) is 15.8 Å². The number of fused-ring (bicyclic) bond motifs is 4. The van der Waals surface area contributed by atoms with Crippen molar-refractivity contribution < 1.29 is 0 Å². The van der Waals surface area contributed by atoms with Crippen molar-refractivity contribution in [1.82, 2.24) is 9.55 Å². The molecule has 0 radical (unpaired) electrons. The average Bonchev–Trinajstić information content (AvgIpc) is 2.78. The Bertz CT molecular complexity index is 892. The molecular formula is C16H11BrN2. The molecule has 2 aromatic carbocycles. The number of aryl methyl sites for hydroxylation is 1. The van der Waals surface area contributed by atoms with Crippen LogP contribution in [-0.2, 0) is 7.05 Å². The first-order valence-electron chi connectivity index (χ1n) is 6.17. The minimum Gasteiger partial charge on any atom is -0.328 e. The summed E-state index contributed by atoms with van der Waals surface area (Å²) in [4.78, 5) is 4.74. The third-order valence-electron chi connectivity index (χ3n) is 3.63. The van der Waals surface area contributed by atoms with E-state index >= 15 is 0 Å². The Labute approximate surface area is 119 Å². The second-order valence-electron chi connectivity index (χ2n) is 4.77. The van der Waals surface area contributed by atoms with Gasteiger partial charge in [0, 0.05) is 33.4 Å². The topological polar surface area (TPSA) is 17.8 Å². The van der Waals surface area contributed by atoms with Crippen LogP contribution in [0.3, 0.4) is 0 Å². The van der Waals surface area contributed by atoms with Gasteiger partial charge in [-0.2, -0.15) is 0 Å². The molecule has 0 unspecified atom stereocenters. The van der Waals surface area contributed by atoms with Crippen LogP contribution in [0.2, 0.25) is 0 Å². The van der Waals surface area contributed by atoms with Crippen molar-refractivity contribution in [2.24, 2.45) is 7.05 Å². The molecular weight excluding hydrogens is 300 g/mol. The van der Waals surface area contributed by atoms with E-state index in [1.54, 1.807) is 0 Å². The number of aromatic nitrogens is 2. The maximum Gasteiger partial charge on any atom is 0.141 e. The van der Waals surface area contributed by atoms with Gasteiger partial charge >= 0.3 is 0 Å². The fourth-order valence-corrected chi connectivity index (χ4v) is 3.09. The molecule has 0 spiro atoms. The Balaban J connectivity index is 2.26. The zero-order valence-corrected chi connectivity index (χ0v) is 12.0. The van der Waals surface area contributed by atoms with Crippen LogP contribution < -0.4 is 0 Å². The quantitative estimate of drug-likeness (QED) is 0.464. The molecule has 2 heterocycles. The number of pyridine rings is 1. The van der Waals surface area contributed by atoms with Crippen molar-refractivity contribution >= 4 is 37.7 Å². The van der Waals surface area contributed by atoms with Crippen LogP contribution in [-0.4, -0.2) is 9.55 Å². The van der Waals surface area contributed by atoms with Crippen LogP contribution in [0.5, 0.6) is 0 Å². The molecule has 2 aromatic rings. The van der Waals surface area contributed by atoms with Crippen molar-refractivity contribution in [3.63, 3.8) is 0 Å². The predicted octanol–water partition coefficient (Wildman–Crippen LogP) is 4.59. The van der Waals surface area contributed by atoms with E-state index in [1.807, 2.05) is 6.07 Å². The molecule has 0 aliphatic carbocycles. The minimum atomic E-state index is 1.04. The summed E-state index contributed by atoms with van der Waals surface area (Å²) in [6.07, 6.45) is 0. The molecule has 92 valence electrons. The maximum absolute atomic E-state index is 4.74. The summed E-state index contributed by atoms with van der Waals surface area (Å²) in [5.41, 5.74) is 3.46. The molecule has 2 aliphatic heterocycles. The molecule has 0 amide bonds. The molecule has 0 aromatic heterocycles. The van der Waals surface area contributed by atoms with Crippen LogP contribution in [0, 0.1) is 0 Å². The number of nitrogens with zero attached hydrogens (tertiary/aromatic N) is 2. The van der Waals surface area contributed by atoms with Gasteiger partial charge in [0.1, 0.15) is 5.82 Å². The second-order valence-corrected chi connectivity index (χ2v) is 5.69. The highest BCUT2D eigenvalue weighted by atomic mass is 79.9. The predicted molar refractivity (Wildman–Crippen MR) is 82.5 cm³/mol. The first-order valence-corrected chi connectivity index (χ1v) is 6.97. The molecule has 0 fully saturated rings. The third-order valence-corrected chi connectivity index (χ3v) is 4.12. The standard InChI is InChI=1S/C16H11BrN2/c1-19-15-7-6-11(17)8-10(15)9-13-12-4-2-3-5-14(12)18-16(13)19/h2-9H,1H3. The summed E-state index contributed by atoms with van der Waals surface area (Å²) >= 11 is 3.54. The molecule has 2 aliphatic rings. The van der Waals surface area contributed by atoms with Crippen LogP contribution >= 0.6 is 15.9 Å². The molecule has 4 rings (SSSR count). The van der Waals surface area contributed by atoms with Gasteiger partial charge in [-0.3, -0.25) is 0 Å². The lowest BCUT2D eigenvalue weighted by Crippen LogP contribution is -1.99. The minimum absolute atomic E-state index is 1.04. The van der Waals surface area contributed by atoms with Crippen molar-refractivity contribution in [3.05, 3.63) is 53.0 Å². The van der Waals surface area contributed by atoms with Crippen molar-refractivity contribution in [1.29, 1.82) is 0 Å². The molecule has 0 atom stereocenters. The van der Waals surface area contributed by atoms with E-state index in [4.69, 9.17) is 4.98 Å². The maximum atomic E-state index is 4.74. The van der Waals surface area contributed by atoms with E-state index < -0.39 is 0 Å². The van der Waals surface area contributed by atoms with Gasteiger partial charge in [-0.15, -0.1) is 0 Å². The summed E-state index contributed by atoms with van der Waals surface area (Å²) in [5, 5.41) is 2.44. The van der Waals surface area contributed by atoms with E-state index in [2.05, 4.69) is 70.0 Å². The fourth-order valence-electron chi connectivity index (χ4n) is 2.71. The van der Waals surface area contributed by atoms with E-state index in [1.165, 1.54) is 21.9 Å². The SMILES string of the molecule is Cn1c2nc3ccccc3c-2cc2cc(Br)ccc21. The van der Waals surface area contributed by atoms with Crippen LogP contribution in [0.15, 0.2) is 53.0 Å². The van der Waals surface area contributed by atoms with Crippen molar-refractivity contribution in [2.45, 2.75) is 0 Å². The molecule has 3 heteroatoms. The number of rotatable bonds is 0. The van der Waals surface area contributed by atoms with Crippen molar-refractivity contribution in [2.75, 3.05) is 0 Å². The summed E-state index contributed by atoms with van der Waals surface area (Å²) in [7, 11) is 2.07. The number of benzene rings is 2. The normalized spacial score (nSPS) is 11.7. The second kappa shape index (κ2) is 3.81. The molecule has 0 saturated carbocycles. The Hall–Kier alpha value is -1.87. The Morgan fingerprint density at radius 1 is 1.05 bits per heavy atom. The van der Waals surface area contributed by atoms with Gasteiger partial charge in [0.15, 0.2) is 0 Å². The molecule has 0 saturated heterocycles. The van der Waals surface area contributed by atoms with Gasteiger partial charge in [0.2, 0.25) is 0 Å². The highest BCUT2D eigenvalue weighted by molar-refractivity contribution is 9.10. The zero-order chi connectivity index (χ0) is 13.0. The lowest BCUT2D eigenvalue weighted by atomic mass is 10.1. The molecule has 0 bridgehead atoms. The summed E-state index contributed by atoms with van der Waals surface area (Å²) < 4.78 is 3.26. The highest BCUT2D eigenvalue weighted by Gasteiger charge is 2.15. The van der Waals surface area contributed by atoms with Crippen molar-refractivity contribution in [3.8, 4) is 11.4 Å². The number of halogens is 1. The summed E-state index contributed by atoms with van der Waals surface area (Å²) in [6.45, 7) is 0. The van der Waals surface area contributed by atoms with E-state index in [0.29, 0.717) is 0 Å². The summed E-state index contributed by atoms with van der Waals surface area (Å²) in [6, 6.07) is 16.9. The molecule has 0 N–H and O–H groups in total. The van der Waals surface area contributed by atoms with E-state index in [9.17, 15) is 0 Å². The average molecular weight is 311 g/mol. The summed E-state index contributed by atoms with van der Waals surface area (Å²) in [5.74, 6) is 1.04. The van der Waals surface area contributed by atoms with Crippen LogP contribution in [0.4, 0.5) is 0 Å². The van der Waals surface area contributed by atoms with Crippen LogP contribution in [0.1, 0.15) is 0 Å². The number of hydrogen-bond acceptors (Lipinski definition) is 1. The Morgan fingerprint density at radius 3 is 2.79 bits per heavy atom. The first-order chi connectivity index (χ1) is 9.24. The Morgan fingerprint density at radius 2 is 1.89 bits per heavy atom. The van der Waals surface area contributed by atoms with Gasteiger partial charge in [-0.05, 0) is 30.3 Å². The van der Waals surface area contributed by atoms with Gasteiger partial charge < -0.3 is 4.57 Å². The fraction of sp³-hybridized carbons (Fsp3) is 0.0625. The van der Waals surface area contributed by atoms with Gasteiger partial charge in [0.05, 0.1) is 5.52 Å². The largest absolute Gasteiger partial charge is 0.328 e. The first kappa shape index (κ1) is 11.0.